The van der Waals surface area contributed by atoms with E-state index in [4.69, 9.17) is 9.84 Å². The lowest BCUT2D eigenvalue weighted by Gasteiger charge is -2.31. The van der Waals surface area contributed by atoms with Crippen LogP contribution in [-0.2, 0) is 9.53 Å². The number of hydrogen-bond acceptors (Lipinski definition) is 3. The van der Waals surface area contributed by atoms with Crippen LogP contribution < -0.4 is 0 Å². The van der Waals surface area contributed by atoms with E-state index < -0.39 is 5.97 Å². The third-order valence-electron chi connectivity index (χ3n) is 2.51. The first-order chi connectivity index (χ1) is 7.13. The van der Waals surface area contributed by atoms with Gasteiger partial charge in [-0.2, -0.15) is 0 Å². The monoisotopic (exact) mass is 215 g/mol. The molecule has 0 aromatic heterocycles. The smallest absolute Gasteiger partial charge is 0.409 e. The highest BCUT2D eigenvalue weighted by atomic mass is 16.6. The molecule has 5 nitrogen and oxygen atoms in total. The molecule has 1 fully saturated rings. The van der Waals surface area contributed by atoms with E-state index in [0.717, 1.165) is 12.8 Å². The summed E-state index contributed by atoms with van der Waals surface area (Å²) in [4.78, 5) is 23.5. The highest BCUT2D eigenvalue weighted by molar-refractivity contribution is 5.69. The van der Waals surface area contributed by atoms with Gasteiger partial charge in [0.15, 0.2) is 0 Å². The third kappa shape index (κ3) is 3.77. The molecule has 1 amide bonds. The van der Waals surface area contributed by atoms with Crippen molar-refractivity contribution in [1.29, 1.82) is 0 Å². The van der Waals surface area contributed by atoms with Gasteiger partial charge in [0.25, 0.3) is 0 Å². The molecule has 0 saturated carbocycles. The Morgan fingerprint density at radius 3 is 2.87 bits per heavy atom. The molecular formula is C10H17NO4. The maximum atomic E-state index is 11.4. The molecule has 0 aromatic carbocycles. The maximum Gasteiger partial charge on any atom is 0.409 e. The van der Waals surface area contributed by atoms with Gasteiger partial charge in [0.2, 0.25) is 0 Å². The molecule has 5 heteroatoms. The molecule has 15 heavy (non-hydrogen) atoms. The summed E-state index contributed by atoms with van der Waals surface area (Å²) in [5, 5.41) is 8.66. The molecule has 1 heterocycles. The minimum Gasteiger partial charge on any atom is -0.481 e. The second-order valence-corrected chi connectivity index (χ2v) is 3.75. The average molecular weight is 215 g/mol. The molecule has 86 valence electrons. The Balaban J connectivity index is 2.41. The van der Waals surface area contributed by atoms with Crippen LogP contribution in [0.1, 0.15) is 26.2 Å². The maximum absolute atomic E-state index is 11.4. The molecule has 0 spiro atoms. The molecule has 1 rings (SSSR count). The number of carbonyl (C=O) groups is 2. The number of hydrogen-bond donors (Lipinski definition) is 1. The van der Waals surface area contributed by atoms with Gasteiger partial charge in [-0.3, -0.25) is 4.79 Å². The lowest BCUT2D eigenvalue weighted by Crippen LogP contribution is -2.40. The van der Waals surface area contributed by atoms with Crippen molar-refractivity contribution >= 4 is 12.1 Å². The average Bonchev–Trinajstić information content (AvgIpc) is 2.17. The Labute approximate surface area is 89.0 Å². The molecule has 1 unspecified atom stereocenters. The van der Waals surface area contributed by atoms with Gasteiger partial charge in [-0.15, -0.1) is 0 Å². The van der Waals surface area contributed by atoms with Crippen molar-refractivity contribution in [3.8, 4) is 0 Å². The summed E-state index contributed by atoms with van der Waals surface area (Å²) in [6.45, 7) is 3.30. The molecular weight excluding hydrogens is 198 g/mol. The zero-order valence-corrected chi connectivity index (χ0v) is 8.94. The highest BCUT2D eigenvalue weighted by Crippen LogP contribution is 2.19. The predicted molar refractivity (Wildman–Crippen MR) is 53.6 cm³/mol. The van der Waals surface area contributed by atoms with Gasteiger partial charge in [0, 0.05) is 19.5 Å². The molecule has 0 aliphatic carbocycles. The highest BCUT2D eigenvalue weighted by Gasteiger charge is 2.25. The molecule has 0 aromatic rings. The van der Waals surface area contributed by atoms with Crippen LogP contribution in [0.5, 0.6) is 0 Å². The summed E-state index contributed by atoms with van der Waals surface area (Å²) in [7, 11) is 0. The van der Waals surface area contributed by atoms with Crippen molar-refractivity contribution in [2.45, 2.75) is 26.2 Å². The van der Waals surface area contributed by atoms with Gasteiger partial charge in [-0.1, -0.05) is 0 Å². The normalized spacial score (nSPS) is 21.1. The standard InChI is InChI=1S/C10H17NO4/c1-2-15-10(14)11-5-3-4-8(7-11)6-9(12)13/h8H,2-7H2,1H3,(H,12,13). The van der Waals surface area contributed by atoms with Crippen LogP contribution in [0, 0.1) is 5.92 Å². The quantitative estimate of drug-likeness (QED) is 0.771. The summed E-state index contributed by atoms with van der Waals surface area (Å²) < 4.78 is 4.87. The Hall–Kier alpha value is -1.26. The zero-order valence-electron chi connectivity index (χ0n) is 8.94. The minimum absolute atomic E-state index is 0.0701. The van der Waals surface area contributed by atoms with Crippen LogP contribution >= 0.6 is 0 Å². The second kappa shape index (κ2) is 5.58. The zero-order chi connectivity index (χ0) is 11.3. The number of carboxylic acids is 1. The van der Waals surface area contributed by atoms with E-state index in [0.29, 0.717) is 19.7 Å². The van der Waals surface area contributed by atoms with Crippen LogP contribution in [0.4, 0.5) is 4.79 Å². The molecule has 1 saturated heterocycles. The first kappa shape index (κ1) is 11.8. The number of carboxylic acid groups (broad SMARTS) is 1. The number of carbonyl (C=O) groups excluding carboxylic acids is 1. The summed E-state index contributed by atoms with van der Waals surface area (Å²) in [5.74, 6) is -0.730. The van der Waals surface area contributed by atoms with E-state index in [9.17, 15) is 9.59 Å². The first-order valence-corrected chi connectivity index (χ1v) is 5.27. The van der Waals surface area contributed by atoms with Crippen molar-refractivity contribution in [2.24, 2.45) is 5.92 Å². The fourth-order valence-corrected chi connectivity index (χ4v) is 1.86. The second-order valence-electron chi connectivity index (χ2n) is 3.75. The number of piperidine rings is 1. The van der Waals surface area contributed by atoms with Gasteiger partial charge in [0.1, 0.15) is 0 Å². The van der Waals surface area contributed by atoms with Crippen LogP contribution in [0.15, 0.2) is 0 Å². The van der Waals surface area contributed by atoms with Crippen molar-refractivity contribution in [1.82, 2.24) is 4.90 Å². The number of nitrogens with zero attached hydrogens (tertiary/aromatic N) is 1. The number of aliphatic carboxylic acids is 1. The number of likely N-dealkylation sites (tertiary alicyclic amines) is 1. The summed E-state index contributed by atoms with van der Waals surface area (Å²) >= 11 is 0. The van der Waals surface area contributed by atoms with E-state index in [-0.39, 0.29) is 18.4 Å². The van der Waals surface area contributed by atoms with E-state index in [2.05, 4.69) is 0 Å². The SMILES string of the molecule is CCOC(=O)N1CCCC(CC(=O)O)C1. The topological polar surface area (TPSA) is 66.8 Å². The molecule has 1 N–H and O–H groups in total. The van der Waals surface area contributed by atoms with Gasteiger partial charge in [-0.05, 0) is 25.7 Å². The van der Waals surface area contributed by atoms with Crippen LogP contribution in [0.25, 0.3) is 0 Å². The summed E-state index contributed by atoms with van der Waals surface area (Å²) in [6.07, 6.45) is 1.54. The van der Waals surface area contributed by atoms with Crippen molar-refractivity contribution in [2.75, 3.05) is 19.7 Å². The largest absolute Gasteiger partial charge is 0.481 e. The van der Waals surface area contributed by atoms with E-state index in [1.54, 1.807) is 11.8 Å². The van der Waals surface area contributed by atoms with Gasteiger partial charge in [-0.25, -0.2) is 4.79 Å². The fraction of sp³-hybridized carbons (Fsp3) is 0.800. The molecule has 1 atom stereocenters. The van der Waals surface area contributed by atoms with Gasteiger partial charge in [0.05, 0.1) is 6.61 Å². The number of rotatable bonds is 3. The Morgan fingerprint density at radius 1 is 1.53 bits per heavy atom. The third-order valence-corrected chi connectivity index (χ3v) is 2.51. The lowest BCUT2D eigenvalue weighted by molar-refractivity contribution is -0.138. The first-order valence-electron chi connectivity index (χ1n) is 5.27. The van der Waals surface area contributed by atoms with E-state index >= 15 is 0 Å². The molecule has 0 radical (unpaired) electrons. The van der Waals surface area contributed by atoms with Gasteiger partial charge >= 0.3 is 12.1 Å². The van der Waals surface area contributed by atoms with Crippen molar-refractivity contribution < 1.29 is 19.4 Å². The van der Waals surface area contributed by atoms with Crippen molar-refractivity contribution in [3.05, 3.63) is 0 Å². The van der Waals surface area contributed by atoms with E-state index in [1.165, 1.54) is 0 Å². The molecule has 1 aliphatic heterocycles. The summed E-state index contributed by atoms with van der Waals surface area (Å²) in [5.41, 5.74) is 0. The Kier molecular flexibility index (Phi) is 4.39. The number of amides is 1. The minimum atomic E-state index is -0.800. The predicted octanol–water partition coefficient (Wildman–Crippen LogP) is 1.33. The summed E-state index contributed by atoms with van der Waals surface area (Å²) in [6, 6.07) is 0. The van der Waals surface area contributed by atoms with Crippen LogP contribution in [-0.4, -0.2) is 41.8 Å². The van der Waals surface area contributed by atoms with Gasteiger partial charge < -0.3 is 14.7 Å². The fourth-order valence-electron chi connectivity index (χ4n) is 1.86. The molecule has 1 aliphatic rings. The Morgan fingerprint density at radius 2 is 2.27 bits per heavy atom. The lowest BCUT2D eigenvalue weighted by atomic mass is 9.95. The van der Waals surface area contributed by atoms with Crippen LogP contribution in [0.2, 0.25) is 0 Å². The Bertz CT molecular complexity index is 242. The molecule has 0 bridgehead atoms. The van der Waals surface area contributed by atoms with Crippen molar-refractivity contribution in [3.63, 3.8) is 0 Å². The van der Waals surface area contributed by atoms with Crippen LogP contribution in [0.3, 0.4) is 0 Å². The number of ether oxygens (including phenoxy) is 1. The van der Waals surface area contributed by atoms with E-state index in [1.807, 2.05) is 0 Å².